The summed E-state index contributed by atoms with van der Waals surface area (Å²) in [6.45, 7) is -0.322. The average Bonchev–Trinajstić information content (AvgIpc) is 3.16. The van der Waals surface area contributed by atoms with Crippen LogP contribution in [0.25, 0.3) is 11.3 Å². The lowest BCUT2D eigenvalue weighted by molar-refractivity contribution is -0.127. The predicted molar refractivity (Wildman–Crippen MR) is 139 cm³/mol. The Hall–Kier alpha value is -4.11. The summed E-state index contributed by atoms with van der Waals surface area (Å²) in [5, 5.41) is 6.23. The van der Waals surface area contributed by atoms with Crippen molar-refractivity contribution < 1.29 is 18.0 Å². The van der Waals surface area contributed by atoms with Crippen molar-refractivity contribution in [1.82, 2.24) is 4.90 Å². The molecule has 35 heavy (non-hydrogen) atoms. The molecule has 2 N–H and O–H groups in total. The van der Waals surface area contributed by atoms with Crippen LogP contribution in [0, 0.1) is 0 Å². The van der Waals surface area contributed by atoms with Gasteiger partial charge >= 0.3 is 0 Å². The lowest BCUT2D eigenvalue weighted by Crippen LogP contribution is -2.39. The van der Waals surface area contributed by atoms with Crippen molar-refractivity contribution in [3.8, 4) is 0 Å². The fourth-order valence-corrected chi connectivity index (χ4v) is 4.64. The molecule has 3 aromatic carbocycles. The van der Waals surface area contributed by atoms with Gasteiger partial charge in [0.25, 0.3) is 5.91 Å². The fraction of sp³-hybridized carbons (Fsp3) is 0.154. The minimum absolute atomic E-state index is 0.233. The maximum atomic E-state index is 13.0. The van der Waals surface area contributed by atoms with Gasteiger partial charge in [-0.05, 0) is 29.8 Å². The first kappa shape index (κ1) is 24.0. The van der Waals surface area contributed by atoms with Crippen molar-refractivity contribution in [2.24, 2.45) is 0 Å². The van der Waals surface area contributed by atoms with Gasteiger partial charge in [0.05, 0.1) is 23.2 Å². The minimum Gasteiger partial charge on any atom is -0.354 e. The molecule has 8 nitrogen and oxygen atoms in total. The first-order valence-electron chi connectivity index (χ1n) is 10.9. The molecule has 1 heterocycles. The van der Waals surface area contributed by atoms with Crippen LogP contribution in [-0.2, 0) is 19.6 Å². The zero-order valence-electron chi connectivity index (χ0n) is 19.6. The largest absolute Gasteiger partial charge is 0.354 e. The molecule has 0 atom stereocenters. The van der Waals surface area contributed by atoms with Crippen LogP contribution in [0.1, 0.15) is 11.1 Å². The van der Waals surface area contributed by atoms with Crippen LogP contribution in [0.4, 0.5) is 17.1 Å². The summed E-state index contributed by atoms with van der Waals surface area (Å²) < 4.78 is 26.1. The van der Waals surface area contributed by atoms with Crippen molar-refractivity contribution in [1.29, 1.82) is 0 Å². The maximum Gasteiger partial charge on any atom is 0.258 e. The number of sulfonamides is 1. The summed E-state index contributed by atoms with van der Waals surface area (Å²) in [5.74, 6) is -0.580. The number of para-hydroxylation sites is 1. The van der Waals surface area contributed by atoms with Crippen molar-refractivity contribution in [2.45, 2.75) is 0 Å². The van der Waals surface area contributed by atoms with Gasteiger partial charge in [-0.1, -0.05) is 54.6 Å². The third-order valence-electron chi connectivity index (χ3n) is 5.57. The number of hydrogen-bond donors (Lipinski definition) is 2. The topological polar surface area (TPSA) is 98.8 Å². The zero-order chi connectivity index (χ0) is 25.2. The number of fused-ring (bicyclic) bond motifs is 1. The Kier molecular flexibility index (Phi) is 6.61. The second-order valence-corrected chi connectivity index (χ2v) is 10.3. The molecule has 1 aliphatic heterocycles. The van der Waals surface area contributed by atoms with E-state index in [0.717, 1.165) is 27.4 Å². The number of benzene rings is 3. The third kappa shape index (κ3) is 5.20. The molecule has 0 radical (unpaired) electrons. The highest BCUT2D eigenvalue weighted by atomic mass is 32.2. The molecule has 4 rings (SSSR count). The number of nitrogens with zero attached hydrogens (tertiary/aromatic N) is 2. The van der Waals surface area contributed by atoms with E-state index in [-0.39, 0.29) is 18.4 Å². The quantitative estimate of drug-likeness (QED) is 0.494. The summed E-state index contributed by atoms with van der Waals surface area (Å²) in [4.78, 5) is 26.6. The second kappa shape index (κ2) is 9.63. The van der Waals surface area contributed by atoms with Crippen molar-refractivity contribution in [2.75, 3.05) is 41.8 Å². The number of nitrogens with one attached hydrogen (secondary N) is 2. The van der Waals surface area contributed by atoms with Gasteiger partial charge in [-0.3, -0.25) is 13.9 Å². The monoisotopic (exact) mass is 490 g/mol. The van der Waals surface area contributed by atoms with Crippen LogP contribution >= 0.6 is 0 Å². The first-order chi connectivity index (χ1) is 16.6. The van der Waals surface area contributed by atoms with Crippen LogP contribution in [0.15, 0.2) is 78.9 Å². The Morgan fingerprint density at radius 2 is 1.63 bits per heavy atom. The molecule has 9 heteroatoms. The minimum atomic E-state index is -3.73. The molecule has 0 saturated carbocycles. The number of hydrogen-bond acceptors (Lipinski definition) is 5. The highest BCUT2D eigenvalue weighted by Gasteiger charge is 2.28. The summed E-state index contributed by atoms with van der Waals surface area (Å²) in [5.41, 5.74) is 4.26. The van der Waals surface area contributed by atoms with Crippen molar-refractivity contribution in [3.63, 3.8) is 0 Å². The van der Waals surface area contributed by atoms with E-state index in [4.69, 9.17) is 0 Å². The highest BCUT2D eigenvalue weighted by Crippen LogP contribution is 2.37. The van der Waals surface area contributed by atoms with Crippen LogP contribution in [0.2, 0.25) is 0 Å². The third-order valence-corrected chi connectivity index (χ3v) is 6.71. The van der Waals surface area contributed by atoms with Gasteiger partial charge < -0.3 is 15.5 Å². The van der Waals surface area contributed by atoms with Crippen LogP contribution in [-0.4, -0.2) is 52.0 Å². The van der Waals surface area contributed by atoms with Gasteiger partial charge in [-0.25, -0.2) is 8.42 Å². The van der Waals surface area contributed by atoms with Gasteiger partial charge in [-0.15, -0.1) is 0 Å². The van der Waals surface area contributed by atoms with Crippen LogP contribution in [0.3, 0.4) is 0 Å². The van der Waals surface area contributed by atoms with E-state index in [1.807, 2.05) is 54.6 Å². The number of rotatable bonds is 7. The van der Waals surface area contributed by atoms with Gasteiger partial charge in [0.15, 0.2) is 0 Å². The van der Waals surface area contributed by atoms with Gasteiger partial charge in [0.2, 0.25) is 15.9 Å². The summed E-state index contributed by atoms with van der Waals surface area (Å²) in [7, 11) is -0.580. The van der Waals surface area contributed by atoms with E-state index in [2.05, 4.69) is 10.6 Å². The smallest absolute Gasteiger partial charge is 0.258 e. The number of amides is 2. The van der Waals surface area contributed by atoms with E-state index in [1.165, 1.54) is 4.90 Å². The van der Waals surface area contributed by atoms with Crippen molar-refractivity contribution in [3.05, 3.63) is 90.0 Å². The molecule has 0 aromatic heterocycles. The van der Waals surface area contributed by atoms with Crippen LogP contribution in [0.5, 0.6) is 0 Å². The molecule has 2 amide bonds. The Balaban J connectivity index is 1.80. The summed E-state index contributed by atoms with van der Waals surface area (Å²) in [6.07, 6.45) is 1.06. The summed E-state index contributed by atoms with van der Waals surface area (Å²) >= 11 is 0. The first-order valence-corrected chi connectivity index (χ1v) is 12.8. The number of anilines is 3. The Bertz CT molecular complexity index is 1420. The molecule has 0 spiro atoms. The molecule has 180 valence electrons. The average molecular weight is 491 g/mol. The lowest BCUT2D eigenvalue weighted by Gasteiger charge is -2.24. The van der Waals surface area contributed by atoms with E-state index in [9.17, 15) is 18.0 Å². The predicted octanol–water partition coefficient (Wildman–Crippen LogP) is 3.47. The molecule has 0 aliphatic carbocycles. The molecular formula is C26H26N4O4S. The number of likely N-dealkylation sites (N-methyl/N-ethyl adjacent to an activating group) is 1. The molecule has 1 aliphatic rings. The lowest BCUT2D eigenvalue weighted by atomic mass is 10.00. The van der Waals surface area contributed by atoms with Crippen molar-refractivity contribution >= 4 is 50.2 Å². The SMILES string of the molecule is CN(C)C(=O)CN(c1cccc(NC(=C2C(=O)Nc3ccccc32)c2ccccc2)c1)S(C)(=O)=O. The summed E-state index contributed by atoms with van der Waals surface area (Å²) in [6, 6.07) is 23.6. The Morgan fingerprint density at radius 3 is 2.31 bits per heavy atom. The van der Waals surface area contributed by atoms with E-state index < -0.39 is 10.0 Å². The normalized spacial score (nSPS) is 14.1. The Morgan fingerprint density at radius 1 is 0.943 bits per heavy atom. The zero-order valence-corrected chi connectivity index (χ0v) is 20.5. The second-order valence-electron chi connectivity index (χ2n) is 8.35. The Labute approximate surface area is 204 Å². The van der Waals surface area contributed by atoms with Crippen LogP contribution < -0.4 is 14.9 Å². The van der Waals surface area contributed by atoms with E-state index in [0.29, 0.717) is 22.6 Å². The van der Waals surface area contributed by atoms with E-state index in [1.54, 1.807) is 38.4 Å². The standard InChI is InChI=1S/C26H26N4O4S/c1-29(2)23(31)17-30(35(3,33)34)20-13-9-12-19(16-20)27-25(18-10-5-4-6-11-18)24-21-14-7-8-15-22(21)28-26(24)32/h4-16,27H,17H2,1-3H3,(H,28,32). The fourth-order valence-electron chi connectivity index (χ4n) is 3.80. The van der Waals surface area contributed by atoms with E-state index >= 15 is 0 Å². The molecule has 0 unspecified atom stereocenters. The molecule has 0 fully saturated rings. The van der Waals surface area contributed by atoms with Gasteiger partial charge in [0.1, 0.15) is 6.54 Å². The maximum absolute atomic E-state index is 13.0. The molecule has 0 saturated heterocycles. The molecular weight excluding hydrogens is 464 g/mol. The number of carbonyl (C=O) groups is 2. The number of carbonyl (C=O) groups excluding carboxylic acids is 2. The molecule has 0 bridgehead atoms. The highest BCUT2D eigenvalue weighted by molar-refractivity contribution is 7.92. The van der Waals surface area contributed by atoms with Gasteiger partial charge in [-0.2, -0.15) is 0 Å². The molecule has 3 aromatic rings. The van der Waals surface area contributed by atoms with Gasteiger partial charge in [0, 0.05) is 31.0 Å².